The molecule has 0 aliphatic heterocycles. The number of rotatable bonds is 4. The Morgan fingerprint density at radius 3 is 2.63 bits per heavy atom. The SMILES string of the molecule is Cc1nc(-c2cccc(NC(=O)c3cnn(-c4ccccc4)c3C)c2)cs1. The molecule has 0 spiro atoms. The molecule has 4 aromatic rings. The first-order chi connectivity index (χ1) is 13.1. The van der Waals surface area contributed by atoms with E-state index in [-0.39, 0.29) is 5.91 Å². The smallest absolute Gasteiger partial charge is 0.259 e. The number of benzene rings is 2. The molecule has 134 valence electrons. The van der Waals surface area contributed by atoms with Crippen molar-refractivity contribution in [2.75, 3.05) is 5.32 Å². The minimum Gasteiger partial charge on any atom is -0.322 e. The van der Waals surface area contributed by atoms with Crippen LogP contribution in [-0.2, 0) is 0 Å². The van der Waals surface area contributed by atoms with Gasteiger partial charge in [-0.3, -0.25) is 4.79 Å². The van der Waals surface area contributed by atoms with E-state index < -0.39 is 0 Å². The molecule has 1 N–H and O–H groups in total. The molecule has 27 heavy (non-hydrogen) atoms. The van der Waals surface area contributed by atoms with Crippen molar-refractivity contribution in [1.29, 1.82) is 0 Å². The fraction of sp³-hybridized carbons (Fsp3) is 0.0952. The van der Waals surface area contributed by atoms with Gasteiger partial charge in [0.15, 0.2) is 0 Å². The quantitative estimate of drug-likeness (QED) is 0.555. The first-order valence-corrected chi connectivity index (χ1v) is 9.44. The number of amides is 1. The highest BCUT2D eigenvalue weighted by molar-refractivity contribution is 7.09. The molecule has 0 fully saturated rings. The van der Waals surface area contributed by atoms with E-state index in [1.807, 2.05) is 73.8 Å². The van der Waals surface area contributed by atoms with E-state index >= 15 is 0 Å². The van der Waals surface area contributed by atoms with Crippen LogP contribution in [0.5, 0.6) is 0 Å². The second kappa shape index (κ2) is 7.17. The minimum atomic E-state index is -0.179. The predicted molar refractivity (Wildman–Crippen MR) is 109 cm³/mol. The van der Waals surface area contributed by atoms with E-state index in [9.17, 15) is 4.79 Å². The molecule has 2 aromatic carbocycles. The molecule has 0 saturated carbocycles. The number of aromatic nitrogens is 3. The molecular formula is C21H18N4OS. The lowest BCUT2D eigenvalue weighted by molar-refractivity contribution is 0.102. The van der Waals surface area contributed by atoms with E-state index in [4.69, 9.17) is 0 Å². The van der Waals surface area contributed by atoms with Gasteiger partial charge in [0.05, 0.1) is 33.8 Å². The first kappa shape index (κ1) is 17.2. The number of hydrogen-bond acceptors (Lipinski definition) is 4. The summed E-state index contributed by atoms with van der Waals surface area (Å²) in [6, 6.07) is 17.5. The Morgan fingerprint density at radius 2 is 1.89 bits per heavy atom. The lowest BCUT2D eigenvalue weighted by atomic mass is 10.1. The highest BCUT2D eigenvalue weighted by Crippen LogP contribution is 2.24. The zero-order valence-electron chi connectivity index (χ0n) is 15.0. The van der Waals surface area contributed by atoms with Crippen LogP contribution in [0, 0.1) is 13.8 Å². The minimum absolute atomic E-state index is 0.179. The largest absolute Gasteiger partial charge is 0.322 e. The Kier molecular flexibility index (Phi) is 4.56. The van der Waals surface area contributed by atoms with E-state index in [1.165, 1.54) is 0 Å². The van der Waals surface area contributed by atoms with Gasteiger partial charge in [0.1, 0.15) is 0 Å². The average molecular weight is 374 g/mol. The number of para-hydroxylation sites is 1. The maximum absolute atomic E-state index is 12.8. The van der Waals surface area contributed by atoms with Crippen LogP contribution < -0.4 is 5.32 Å². The molecule has 0 radical (unpaired) electrons. The second-order valence-electron chi connectivity index (χ2n) is 6.18. The van der Waals surface area contributed by atoms with Crippen LogP contribution >= 0.6 is 11.3 Å². The van der Waals surface area contributed by atoms with Gasteiger partial charge in [-0.1, -0.05) is 30.3 Å². The van der Waals surface area contributed by atoms with Gasteiger partial charge in [-0.05, 0) is 38.1 Å². The van der Waals surface area contributed by atoms with E-state index in [0.717, 1.165) is 33.3 Å². The summed E-state index contributed by atoms with van der Waals surface area (Å²) < 4.78 is 1.77. The van der Waals surface area contributed by atoms with Crippen molar-refractivity contribution >= 4 is 22.9 Å². The van der Waals surface area contributed by atoms with Gasteiger partial charge >= 0.3 is 0 Å². The number of carbonyl (C=O) groups excluding carboxylic acids is 1. The molecule has 0 atom stereocenters. The van der Waals surface area contributed by atoms with Crippen LogP contribution in [0.4, 0.5) is 5.69 Å². The molecule has 0 unspecified atom stereocenters. The molecule has 0 aliphatic carbocycles. The van der Waals surface area contributed by atoms with Crippen LogP contribution in [0.1, 0.15) is 21.1 Å². The summed E-state index contributed by atoms with van der Waals surface area (Å²) in [5, 5.41) is 10.4. The summed E-state index contributed by atoms with van der Waals surface area (Å²) in [6.07, 6.45) is 1.60. The summed E-state index contributed by atoms with van der Waals surface area (Å²) in [6.45, 7) is 3.87. The molecule has 0 saturated heterocycles. The molecule has 5 nitrogen and oxygen atoms in total. The lowest BCUT2D eigenvalue weighted by Crippen LogP contribution is -2.13. The van der Waals surface area contributed by atoms with Gasteiger partial charge in [-0.15, -0.1) is 11.3 Å². The third-order valence-electron chi connectivity index (χ3n) is 4.29. The van der Waals surface area contributed by atoms with E-state index in [1.54, 1.807) is 22.2 Å². The number of anilines is 1. The van der Waals surface area contributed by atoms with Crippen molar-refractivity contribution in [3.8, 4) is 16.9 Å². The van der Waals surface area contributed by atoms with E-state index in [0.29, 0.717) is 5.56 Å². The van der Waals surface area contributed by atoms with Gasteiger partial charge in [-0.2, -0.15) is 5.10 Å². The van der Waals surface area contributed by atoms with Crippen LogP contribution in [0.15, 0.2) is 66.2 Å². The molecule has 6 heteroatoms. The van der Waals surface area contributed by atoms with Gasteiger partial charge < -0.3 is 5.32 Å². The predicted octanol–water partition coefficient (Wildman–Crippen LogP) is 4.86. The van der Waals surface area contributed by atoms with Crippen LogP contribution in [-0.4, -0.2) is 20.7 Å². The van der Waals surface area contributed by atoms with Gasteiger partial charge in [0.2, 0.25) is 0 Å². The molecule has 0 bridgehead atoms. The van der Waals surface area contributed by atoms with Crippen LogP contribution in [0.3, 0.4) is 0 Å². The third kappa shape index (κ3) is 3.52. The van der Waals surface area contributed by atoms with Crippen molar-refractivity contribution in [2.24, 2.45) is 0 Å². The molecule has 1 amide bonds. The Hall–Kier alpha value is -3.25. The summed E-state index contributed by atoms with van der Waals surface area (Å²) in [5.74, 6) is -0.179. The Balaban J connectivity index is 1.58. The van der Waals surface area contributed by atoms with Crippen molar-refractivity contribution < 1.29 is 4.79 Å². The Labute approximate surface area is 161 Å². The van der Waals surface area contributed by atoms with Crippen LogP contribution in [0.2, 0.25) is 0 Å². The average Bonchev–Trinajstić information content (AvgIpc) is 3.28. The van der Waals surface area contributed by atoms with Crippen LogP contribution in [0.25, 0.3) is 16.9 Å². The third-order valence-corrected chi connectivity index (χ3v) is 5.06. The van der Waals surface area contributed by atoms with Crippen molar-refractivity contribution in [2.45, 2.75) is 13.8 Å². The summed E-state index contributed by atoms with van der Waals surface area (Å²) in [5.41, 5.74) is 4.90. The summed E-state index contributed by atoms with van der Waals surface area (Å²) in [7, 11) is 0. The second-order valence-corrected chi connectivity index (χ2v) is 7.24. The number of aryl methyl sites for hydroxylation is 1. The molecule has 2 aromatic heterocycles. The maximum Gasteiger partial charge on any atom is 0.259 e. The van der Waals surface area contributed by atoms with Crippen molar-refractivity contribution in [3.63, 3.8) is 0 Å². The standard InChI is InChI=1S/C21H18N4OS/c1-14-19(12-22-25(14)18-9-4-3-5-10-18)21(26)24-17-8-6-7-16(11-17)20-13-27-15(2)23-20/h3-13H,1-2H3,(H,24,26). The zero-order valence-corrected chi connectivity index (χ0v) is 15.8. The van der Waals surface area contributed by atoms with Gasteiger partial charge in [0.25, 0.3) is 5.91 Å². The van der Waals surface area contributed by atoms with Crippen molar-refractivity contribution in [1.82, 2.24) is 14.8 Å². The molecule has 0 aliphatic rings. The number of carbonyl (C=O) groups is 1. The Bertz CT molecular complexity index is 1100. The van der Waals surface area contributed by atoms with Crippen molar-refractivity contribution in [3.05, 3.63) is 82.4 Å². The number of nitrogens with zero attached hydrogens (tertiary/aromatic N) is 3. The van der Waals surface area contributed by atoms with Gasteiger partial charge in [-0.25, -0.2) is 9.67 Å². The number of thiazole rings is 1. The van der Waals surface area contributed by atoms with E-state index in [2.05, 4.69) is 15.4 Å². The fourth-order valence-electron chi connectivity index (χ4n) is 2.91. The molecule has 2 heterocycles. The summed E-state index contributed by atoms with van der Waals surface area (Å²) in [4.78, 5) is 17.3. The normalized spacial score (nSPS) is 10.7. The zero-order chi connectivity index (χ0) is 18.8. The maximum atomic E-state index is 12.8. The lowest BCUT2D eigenvalue weighted by Gasteiger charge is -2.07. The molecular weight excluding hydrogens is 356 g/mol. The number of hydrogen-bond donors (Lipinski definition) is 1. The topological polar surface area (TPSA) is 59.8 Å². The monoisotopic (exact) mass is 374 g/mol. The highest BCUT2D eigenvalue weighted by atomic mass is 32.1. The van der Waals surface area contributed by atoms with Gasteiger partial charge in [0, 0.05) is 16.6 Å². The summed E-state index contributed by atoms with van der Waals surface area (Å²) >= 11 is 1.61. The molecule has 4 rings (SSSR count). The number of nitrogens with one attached hydrogen (secondary N) is 1. The Morgan fingerprint density at radius 1 is 1.07 bits per heavy atom. The first-order valence-electron chi connectivity index (χ1n) is 8.56. The highest BCUT2D eigenvalue weighted by Gasteiger charge is 2.15. The fourth-order valence-corrected chi connectivity index (χ4v) is 3.53.